The number of carboxylic acid groups (broad SMARTS) is 1. The fraction of sp³-hybridized carbons (Fsp3) is 0.188. The molecular formula is C16H17F2N3O2. The average molecular weight is 321 g/mol. The van der Waals surface area contributed by atoms with Crippen LogP contribution in [0.25, 0.3) is 0 Å². The number of nitrogens with zero attached hydrogens (tertiary/aromatic N) is 1. The van der Waals surface area contributed by atoms with E-state index >= 15 is 0 Å². The maximum absolute atomic E-state index is 14.2. The van der Waals surface area contributed by atoms with E-state index in [1.807, 2.05) is 0 Å². The maximum Gasteiger partial charge on any atom is 0.411 e. The van der Waals surface area contributed by atoms with Gasteiger partial charge in [0.25, 0.3) is 0 Å². The van der Waals surface area contributed by atoms with E-state index in [0.717, 1.165) is 10.5 Å². The van der Waals surface area contributed by atoms with Crippen molar-refractivity contribution < 1.29 is 18.7 Å². The molecule has 23 heavy (non-hydrogen) atoms. The first-order valence-electron chi connectivity index (χ1n) is 7.00. The molecule has 0 spiro atoms. The molecule has 0 atom stereocenters. The third-order valence-electron chi connectivity index (χ3n) is 3.32. The third-order valence-corrected chi connectivity index (χ3v) is 3.32. The van der Waals surface area contributed by atoms with E-state index in [9.17, 15) is 13.6 Å². The fourth-order valence-electron chi connectivity index (χ4n) is 2.20. The van der Waals surface area contributed by atoms with Crippen LogP contribution < -0.4 is 16.0 Å². The summed E-state index contributed by atoms with van der Waals surface area (Å²) in [5, 5.41) is 12.0. The molecule has 0 aliphatic rings. The number of benzene rings is 2. The van der Waals surface area contributed by atoms with Crippen molar-refractivity contribution in [3.05, 3.63) is 53.6 Å². The second-order valence-electron chi connectivity index (χ2n) is 4.90. The van der Waals surface area contributed by atoms with Gasteiger partial charge in [-0.05, 0) is 36.8 Å². The van der Waals surface area contributed by atoms with Crippen LogP contribution >= 0.6 is 0 Å². The molecule has 122 valence electrons. The first-order chi connectivity index (χ1) is 10.9. The lowest BCUT2D eigenvalue weighted by Crippen LogP contribution is -2.30. The standard InChI is InChI=1S/C16H17F2N3O2/c1-2-21(16(22)23)15-13(18)7-12(8-14(15)19)20-9-10-3-5-11(17)6-4-10/h3-8,20H,2,9,19H2,1H3,(H,22,23). The lowest BCUT2D eigenvalue weighted by molar-refractivity contribution is 0.202. The van der Waals surface area contributed by atoms with Gasteiger partial charge in [-0.3, -0.25) is 4.90 Å². The summed E-state index contributed by atoms with van der Waals surface area (Å²) in [5.41, 5.74) is 6.88. The van der Waals surface area contributed by atoms with Crippen molar-refractivity contribution in [2.45, 2.75) is 13.5 Å². The number of hydrogen-bond acceptors (Lipinski definition) is 3. The Balaban J connectivity index is 2.19. The van der Waals surface area contributed by atoms with Crippen LogP contribution in [0.5, 0.6) is 0 Å². The molecule has 2 aromatic carbocycles. The summed E-state index contributed by atoms with van der Waals surface area (Å²) in [7, 11) is 0. The number of hydrogen-bond donors (Lipinski definition) is 3. The van der Waals surface area contributed by atoms with Crippen molar-refractivity contribution in [1.82, 2.24) is 0 Å². The summed E-state index contributed by atoms with van der Waals surface area (Å²) in [5.74, 6) is -1.06. The van der Waals surface area contributed by atoms with Crippen molar-refractivity contribution >= 4 is 23.2 Å². The minimum absolute atomic E-state index is 0.0239. The number of nitrogen functional groups attached to an aromatic ring is 1. The maximum atomic E-state index is 14.2. The highest BCUT2D eigenvalue weighted by Crippen LogP contribution is 2.30. The van der Waals surface area contributed by atoms with Crippen LogP contribution in [0.3, 0.4) is 0 Å². The minimum atomic E-state index is -1.27. The van der Waals surface area contributed by atoms with E-state index < -0.39 is 11.9 Å². The van der Waals surface area contributed by atoms with Gasteiger partial charge in [0.05, 0.1) is 5.69 Å². The molecule has 0 heterocycles. The Morgan fingerprint density at radius 2 is 1.91 bits per heavy atom. The molecule has 0 unspecified atom stereocenters. The monoisotopic (exact) mass is 321 g/mol. The predicted octanol–water partition coefficient (Wildman–Crippen LogP) is 3.66. The van der Waals surface area contributed by atoms with Crippen LogP contribution in [-0.2, 0) is 6.54 Å². The summed E-state index contributed by atoms with van der Waals surface area (Å²) < 4.78 is 27.0. The van der Waals surface area contributed by atoms with Crippen LogP contribution in [0.4, 0.5) is 30.6 Å². The smallest absolute Gasteiger partial charge is 0.411 e. The van der Waals surface area contributed by atoms with Crippen LogP contribution in [0.15, 0.2) is 36.4 Å². The number of rotatable bonds is 5. The molecule has 0 aliphatic carbocycles. The van der Waals surface area contributed by atoms with Gasteiger partial charge in [0, 0.05) is 18.8 Å². The number of nitrogens with one attached hydrogen (secondary N) is 1. The summed E-state index contributed by atoms with van der Waals surface area (Å²) >= 11 is 0. The molecular weight excluding hydrogens is 304 g/mol. The van der Waals surface area contributed by atoms with E-state index in [2.05, 4.69) is 5.32 Å². The summed E-state index contributed by atoms with van der Waals surface area (Å²) in [6.45, 7) is 2.03. The van der Waals surface area contributed by atoms with Crippen LogP contribution in [-0.4, -0.2) is 17.7 Å². The van der Waals surface area contributed by atoms with Gasteiger partial charge in [0.2, 0.25) is 0 Å². The third kappa shape index (κ3) is 3.88. The van der Waals surface area contributed by atoms with Gasteiger partial charge in [-0.1, -0.05) is 12.1 Å². The Hall–Kier alpha value is -2.83. The quantitative estimate of drug-likeness (QED) is 0.734. The van der Waals surface area contributed by atoms with Gasteiger partial charge in [0.1, 0.15) is 11.5 Å². The SMILES string of the molecule is CCN(C(=O)O)c1c(N)cc(NCc2ccc(F)cc2)cc1F. The van der Waals surface area contributed by atoms with Crippen molar-refractivity contribution in [2.24, 2.45) is 0 Å². The van der Waals surface area contributed by atoms with Crippen LogP contribution in [0.1, 0.15) is 12.5 Å². The van der Waals surface area contributed by atoms with E-state index in [0.29, 0.717) is 12.2 Å². The van der Waals surface area contributed by atoms with Gasteiger partial charge in [-0.25, -0.2) is 13.6 Å². The van der Waals surface area contributed by atoms with Crippen molar-refractivity contribution in [3.63, 3.8) is 0 Å². The lowest BCUT2D eigenvalue weighted by atomic mass is 10.2. The zero-order chi connectivity index (χ0) is 17.0. The molecule has 4 N–H and O–H groups in total. The molecule has 0 aliphatic heterocycles. The van der Waals surface area contributed by atoms with E-state index in [4.69, 9.17) is 10.8 Å². The van der Waals surface area contributed by atoms with Gasteiger partial charge >= 0.3 is 6.09 Å². The lowest BCUT2D eigenvalue weighted by Gasteiger charge is -2.20. The molecule has 0 saturated heterocycles. The Labute approximate surface area is 132 Å². The molecule has 1 amide bonds. The zero-order valence-electron chi connectivity index (χ0n) is 12.5. The largest absolute Gasteiger partial charge is 0.465 e. The van der Waals surface area contributed by atoms with Crippen LogP contribution in [0.2, 0.25) is 0 Å². The fourth-order valence-corrected chi connectivity index (χ4v) is 2.20. The predicted molar refractivity (Wildman–Crippen MR) is 85.6 cm³/mol. The Morgan fingerprint density at radius 3 is 2.43 bits per heavy atom. The number of carbonyl (C=O) groups is 1. The van der Waals surface area contributed by atoms with Gasteiger partial charge in [0.15, 0.2) is 5.82 Å². The molecule has 5 nitrogen and oxygen atoms in total. The molecule has 0 bridgehead atoms. The molecule has 2 rings (SSSR count). The molecule has 0 fully saturated rings. The first kappa shape index (κ1) is 16.5. The molecule has 0 aromatic heterocycles. The summed E-state index contributed by atoms with van der Waals surface area (Å²) in [6.07, 6.45) is -1.27. The van der Waals surface area contributed by atoms with Gasteiger partial charge in [-0.15, -0.1) is 0 Å². The minimum Gasteiger partial charge on any atom is -0.465 e. The number of nitrogens with two attached hydrogens (primary N) is 1. The Morgan fingerprint density at radius 1 is 1.26 bits per heavy atom. The number of amides is 1. The number of halogens is 2. The van der Waals surface area contributed by atoms with Gasteiger partial charge < -0.3 is 16.2 Å². The number of anilines is 3. The molecule has 0 saturated carbocycles. The van der Waals surface area contributed by atoms with Crippen LogP contribution in [0, 0.1) is 11.6 Å². The summed E-state index contributed by atoms with van der Waals surface area (Å²) in [4.78, 5) is 12.0. The second kappa shape index (κ2) is 6.95. The summed E-state index contributed by atoms with van der Waals surface area (Å²) in [6, 6.07) is 8.54. The first-order valence-corrected chi connectivity index (χ1v) is 7.00. The Kier molecular flexibility index (Phi) is 5.00. The van der Waals surface area contributed by atoms with Crippen molar-refractivity contribution in [3.8, 4) is 0 Å². The van der Waals surface area contributed by atoms with E-state index in [-0.39, 0.29) is 23.7 Å². The molecule has 2 aromatic rings. The highest BCUT2D eigenvalue weighted by molar-refractivity contribution is 5.91. The van der Waals surface area contributed by atoms with Gasteiger partial charge in [-0.2, -0.15) is 0 Å². The van der Waals surface area contributed by atoms with E-state index in [1.54, 1.807) is 19.1 Å². The molecule has 7 heteroatoms. The molecule has 0 radical (unpaired) electrons. The normalized spacial score (nSPS) is 10.4. The second-order valence-corrected chi connectivity index (χ2v) is 4.90. The topological polar surface area (TPSA) is 78.6 Å². The average Bonchev–Trinajstić information content (AvgIpc) is 2.50. The van der Waals surface area contributed by atoms with Crippen molar-refractivity contribution in [1.29, 1.82) is 0 Å². The highest BCUT2D eigenvalue weighted by atomic mass is 19.1. The zero-order valence-corrected chi connectivity index (χ0v) is 12.5. The highest BCUT2D eigenvalue weighted by Gasteiger charge is 2.20. The van der Waals surface area contributed by atoms with Crippen molar-refractivity contribution in [2.75, 3.05) is 22.5 Å². The Bertz CT molecular complexity index is 682. The van der Waals surface area contributed by atoms with E-state index in [1.165, 1.54) is 24.3 Å².